The van der Waals surface area contributed by atoms with Gasteiger partial charge in [-0.3, -0.25) is 9.59 Å². The summed E-state index contributed by atoms with van der Waals surface area (Å²) in [5.74, 6) is -6.71. The van der Waals surface area contributed by atoms with E-state index in [2.05, 4.69) is 0 Å². The summed E-state index contributed by atoms with van der Waals surface area (Å²) < 4.78 is 0. The van der Waals surface area contributed by atoms with Crippen molar-refractivity contribution in [1.82, 2.24) is 0 Å². The Morgan fingerprint density at radius 1 is 1.00 bits per heavy atom. The fourth-order valence-electron chi connectivity index (χ4n) is 0.694. The Kier molecular flexibility index (Phi) is 3.86. The lowest BCUT2D eigenvalue weighted by Gasteiger charge is -2.12. The monoisotopic (exact) mass is 195 g/mol. The van der Waals surface area contributed by atoms with E-state index in [4.69, 9.17) is 20.4 Å². The van der Waals surface area contributed by atoms with Gasteiger partial charge in [-0.25, -0.2) is 4.79 Å². The SMILES string of the molecule is O=C(O)[C@H]([13CH2][13C](=O)O)[C@@H](O)[13C](=O)O. The highest BCUT2D eigenvalue weighted by Gasteiger charge is 2.33. The van der Waals surface area contributed by atoms with Crippen LogP contribution in [0.15, 0.2) is 0 Å². The van der Waals surface area contributed by atoms with Gasteiger partial charge in [0.05, 0.1) is 6.42 Å². The van der Waals surface area contributed by atoms with Gasteiger partial charge < -0.3 is 20.4 Å². The summed E-state index contributed by atoms with van der Waals surface area (Å²) in [5, 5.41) is 33.5. The van der Waals surface area contributed by atoms with Gasteiger partial charge in [0.1, 0.15) is 5.92 Å². The summed E-state index contributed by atoms with van der Waals surface area (Å²) in [6, 6.07) is 0. The van der Waals surface area contributed by atoms with Crippen LogP contribution in [0.3, 0.4) is 0 Å². The highest BCUT2D eigenvalue weighted by Crippen LogP contribution is 2.09. The van der Waals surface area contributed by atoms with Crippen LogP contribution in [-0.4, -0.2) is 44.4 Å². The molecule has 0 saturated carbocycles. The van der Waals surface area contributed by atoms with Crippen molar-refractivity contribution in [3.8, 4) is 0 Å². The number of carboxylic acid groups (broad SMARTS) is 3. The number of carbonyl (C=O) groups is 3. The maximum absolute atomic E-state index is 10.3. The summed E-state index contributed by atoms with van der Waals surface area (Å²) in [4.78, 5) is 30.5. The summed E-state index contributed by atoms with van der Waals surface area (Å²) >= 11 is 0. The second-order valence-corrected chi connectivity index (χ2v) is 2.33. The van der Waals surface area contributed by atoms with Crippen molar-refractivity contribution in [2.45, 2.75) is 12.5 Å². The van der Waals surface area contributed by atoms with Crippen molar-refractivity contribution in [3.63, 3.8) is 0 Å². The molecule has 0 aliphatic carbocycles. The molecule has 0 unspecified atom stereocenters. The zero-order valence-corrected chi connectivity index (χ0v) is 6.38. The molecule has 7 nitrogen and oxygen atoms in total. The first kappa shape index (κ1) is 11.4. The minimum atomic E-state index is -2.20. The van der Waals surface area contributed by atoms with Gasteiger partial charge in [-0.2, -0.15) is 0 Å². The van der Waals surface area contributed by atoms with Gasteiger partial charge in [-0.05, 0) is 0 Å². The van der Waals surface area contributed by atoms with Gasteiger partial charge in [-0.1, -0.05) is 0 Å². The summed E-state index contributed by atoms with van der Waals surface area (Å²) in [6.07, 6.45) is -3.13. The first-order valence-electron chi connectivity index (χ1n) is 3.21. The highest BCUT2D eigenvalue weighted by atomic mass is 16.5. The first-order chi connectivity index (χ1) is 5.86. The van der Waals surface area contributed by atoms with Crippen LogP contribution in [0.1, 0.15) is 6.42 Å². The topological polar surface area (TPSA) is 132 Å². The van der Waals surface area contributed by atoms with E-state index in [0.29, 0.717) is 0 Å². The van der Waals surface area contributed by atoms with Crippen LogP contribution in [-0.2, 0) is 14.4 Å². The summed E-state index contributed by atoms with van der Waals surface area (Å²) in [5.41, 5.74) is 0. The van der Waals surface area contributed by atoms with Crippen molar-refractivity contribution >= 4 is 17.9 Å². The van der Waals surface area contributed by atoms with Crippen LogP contribution in [0.4, 0.5) is 0 Å². The van der Waals surface area contributed by atoms with Crippen LogP contribution in [0, 0.1) is 5.92 Å². The number of aliphatic hydroxyl groups is 1. The van der Waals surface area contributed by atoms with E-state index in [0.717, 1.165) is 0 Å². The number of hydrogen-bond acceptors (Lipinski definition) is 4. The third-order valence-corrected chi connectivity index (χ3v) is 1.35. The average molecular weight is 195 g/mol. The third kappa shape index (κ3) is 3.52. The van der Waals surface area contributed by atoms with E-state index in [1.54, 1.807) is 0 Å². The Morgan fingerprint density at radius 3 is 1.69 bits per heavy atom. The molecule has 0 radical (unpaired) electrons. The third-order valence-electron chi connectivity index (χ3n) is 1.35. The first-order valence-corrected chi connectivity index (χ1v) is 3.21. The largest absolute Gasteiger partial charge is 0.481 e. The van der Waals surface area contributed by atoms with Crippen molar-refractivity contribution in [2.24, 2.45) is 5.92 Å². The molecule has 0 aromatic heterocycles. The van der Waals surface area contributed by atoms with E-state index < -0.39 is 36.4 Å². The fraction of sp³-hybridized carbons (Fsp3) is 0.500. The molecule has 0 spiro atoms. The molecule has 0 saturated heterocycles. The Labute approximate surface area is 72.2 Å². The van der Waals surface area contributed by atoms with Crippen LogP contribution in [0.25, 0.3) is 0 Å². The summed E-state index contributed by atoms with van der Waals surface area (Å²) in [6.45, 7) is 0. The van der Waals surface area contributed by atoms with Gasteiger partial charge in [-0.15, -0.1) is 0 Å². The number of aliphatic hydroxyl groups excluding tert-OH is 1. The maximum atomic E-state index is 10.3. The van der Waals surface area contributed by atoms with E-state index in [-0.39, 0.29) is 0 Å². The van der Waals surface area contributed by atoms with Gasteiger partial charge in [0.15, 0.2) is 6.10 Å². The van der Waals surface area contributed by atoms with Crippen LogP contribution >= 0.6 is 0 Å². The lowest BCUT2D eigenvalue weighted by atomic mass is 10.2. The Balaban J connectivity index is 4.51. The van der Waals surface area contributed by atoms with Crippen molar-refractivity contribution < 1.29 is 34.8 Å². The molecule has 7 heteroatoms. The molecular formula is C6H8O7. The number of carboxylic acids is 3. The molecule has 4 N–H and O–H groups in total. The smallest absolute Gasteiger partial charge is 0.333 e. The molecule has 2 atom stereocenters. The normalized spacial score (nSPS) is 14.5. The van der Waals surface area contributed by atoms with Crippen molar-refractivity contribution in [3.05, 3.63) is 0 Å². The van der Waals surface area contributed by atoms with Crippen LogP contribution < -0.4 is 0 Å². The average Bonchev–Trinajstić information content (AvgIpc) is 1.97. The van der Waals surface area contributed by atoms with Gasteiger partial charge in [0.2, 0.25) is 0 Å². The minimum Gasteiger partial charge on any atom is -0.481 e. The molecule has 0 heterocycles. The predicted molar refractivity (Wildman–Crippen MR) is 37.0 cm³/mol. The fourth-order valence-corrected chi connectivity index (χ4v) is 0.694. The van der Waals surface area contributed by atoms with Crippen LogP contribution in [0.2, 0.25) is 0 Å². The van der Waals surface area contributed by atoms with E-state index in [1.807, 2.05) is 0 Å². The molecule has 0 amide bonds. The lowest BCUT2D eigenvalue weighted by molar-refractivity contribution is -0.162. The minimum absolute atomic E-state index is 0.928. The maximum Gasteiger partial charge on any atom is 0.333 e. The molecule has 0 aliphatic heterocycles. The molecule has 0 rings (SSSR count). The van der Waals surface area contributed by atoms with E-state index in [1.165, 1.54) is 0 Å². The van der Waals surface area contributed by atoms with Gasteiger partial charge in [0.25, 0.3) is 0 Å². The quantitative estimate of drug-likeness (QED) is 0.397. The Bertz CT molecular complexity index is 233. The molecular weight excluding hydrogens is 187 g/mol. The Morgan fingerprint density at radius 2 is 1.46 bits per heavy atom. The van der Waals surface area contributed by atoms with Crippen molar-refractivity contribution in [2.75, 3.05) is 0 Å². The number of hydrogen-bond donors (Lipinski definition) is 4. The molecule has 0 aliphatic rings. The lowest BCUT2D eigenvalue weighted by Crippen LogP contribution is -2.36. The molecule has 0 aromatic rings. The molecule has 74 valence electrons. The second-order valence-electron chi connectivity index (χ2n) is 2.33. The zero-order chi connectivity index (χ0) is 10.6. The van der Waals surface area contributed by atoms with E-state index >= 15 is 0 Å². The zero-order valence-electron chi connectivity index (χ0n) is 6.38. The number of rotatable bonds is 5. The summed E-state index contributed by atoms with van der Waals surface area (Å²) in [7, 11) is 0. The van der Waals surface area contributed by atoms with Gasteiger partial charge in [0, 0.05) is 0 Å². The standard InChI is InChI=1S/C6H8O7/c7-3(8)1-2(5(10)11)4(9)6(12)13/h2,4,9H,1H2,(H,7,8)(H,10,11)(H,12,13)/t2-,4-/m1/s1/i1+1,3+1,6+1. The predicted octanol–water partition coefficient (Wildman–Crippen LogP) is -1.39. The molecule has 0 aromatic carbocycles. The highest BCUT2D eigenvalue weighted by molar-refractivity contribution is 5.85. The van der Waals surface area contributed by atoms with Crippen LogP contribution in [0.5, 0.6) is 0 Å². The second kappa shape index (κ2) is 4.41. The van der Waals surface area contributed by atoms with E-state index in [9.17, 15) is 14.4 Å². The van der Waals surface area contributed by atoms with Crippen molar-refractivity contribution in [1.29, 1.82) is 0 Å². The Hall–Kier alpha value is -1.63. The molecule has 0 fully saturated rings. The number of aliphatic carboxylic acids is 3. The molecule has 13 heavy (non-hydrogen) atoms. The molecule has 0 bridgehead atoms. The van der Waals surface area contributed by atoms with Gasteiger partial charge >= 0.3 is 17.9 Å².